The third-order valence-electron chi connectivity index (χ3n) is 5.00. The molecule has 4 rings (SSSR count). The molecule has 1 N–H and O–H groups in total. The minimum Gasteiger partial charge on any atom is -0.483 e. The molecule has 0 aromatic heterocycles. The quantitative estimate of drug-likeness (QED) is 0.807. The predicted octanol–water partition coefficient (Wildman–Crippen LogP) is 4.48. The van der Waals surface area contributed by atoms with Gasteiger partial charge in [-0.1, -0.05) is 30.9 Å². The molecule has 5 heteroatoms. The van der Waals surface area contributed by atoms with Gasteiger partial charge in [-0.2, -0.15) is 0 Å². The lowest BCUT2D eigenvalue weighted by Crippen LogP contribution is -2.46. The molecule has 140 valence electrons. The zero-order valence-electron chi connectivity index (χ0n) is 14.9. The van der Waals surface area contributed by atoms with Gasteiger partial charge in [0.15, 0.2) is 17.4 Å². The fraction of sp³-hybridized carbons (Fsp3) is 0.273. The van der Waals surface area contributed by atoms with Gasteiger partial charge in [0, 0.05) is 18.4 Å². The predicted molar refractivity (Wildman–Crippen MR) is 101 cm³/mol. The number of benzene rings is 2. The number of rotatable bonds is 4. The van der Waals surface area contributed by atoms with Crippen molar-refractivity contribution in [2.24, 2.45) is 0 Å². The van der Waals surface area contributed by atoms with E-state index in [1.54, 1.807) is 0 Å². The first-order valence-corrected chi connectivity index (χ1v) is 9.07. The van der Waals surface area contributed by atoms with Crippen molar-refractivity contribution in [2.75, 3.05) is 19.7 Å². The molecule has 3 nitrogen and oxygen atoms in total. The standard InChI is InChI=1S/C22H21F2NO2/c1-2-11-26-21-18(23)12-15(13-19(21)24)17-14-22(7-9-25-10-8-22)27-20-6-4-3-5-16(17)20/h2-6,12-14,25H,1,7-11H2. The van der Waals surface area contributed by atoms with E-state index in [4.69, 9.17) is 9.47 Å². The summed E-state index contributed by atoms with van der Waals surface area (Å²) in [5.41, 5.74) is 1.64. The Morgan fingerprint density at radius 3 is 2.56 bits per heavy atom. The summed E-state index contributed by atoms with van der Waals surface area (Å²) >= 11 is 0. The van der Waals surface area contributed by atoms with E-state index in [2.05, 4.69) is 11.9 Å². The Bertz CT molecular complexity index is 878. The fourth-order valence-corrected chi connectivity index (χ4v) is 3.70. The summed E-state index contributed by atoms with van der Waals surface area (Å²) in [5, 5.41) is 3.33. The first-order valence-electron chi connectivity index (χ1n) is 9.07. The number of nitrogens with one attached hydrogen (secondary N) is 1. The van der Waals surface area contributed by atoms with Gasteiger partial charge < -0.3 is 14.8 Å². The molecule has 2 aromatic carbocycles. The molecular weight excluding hydrogens is 348 g/mol. The van der Waals surface area contributed by atoms with Crippen LogP contribution in [-0.2, 0) is 0 Å². The Balaban J connectivity index is 1.81. The lowest BCUT2D eigenvalue weighted by Gasteiger charge is -2.40. The molecule has 0 saturated carbocycles. The lowest BCUT2D eigenvalue weighted by molar-refractivity contribution is 0.0817. The summed E-state index contributed by atoms with van der Waals surface area (Å²) in [5.74, 6) is -1.09. The van der Waals surface area contributed by atoms with Crippen molar-refractivity contribution in [3.8, 4) is 11.5 Å². The summed E-state index contributed by atoms with van der Waals surface area (Å²) in [6.45, 7) is 5.22. The molecule has 0 atom stereocenters. The van der Waals surface area contributed by atoms with Crippen LogP contribution in [0.3, 0.4) is 0 Å². The third kappa shape index (κ3) is 3.35. The highest BCUT2D eigenvalue weighted by Crippen LogP contribution is 2.43. The Morgan fingerprint density at radius 1 is 1.15 bits per heavy atom. The first-order chi connectivity index (χ1) is 13.1. The van der Waals surface area contributed by atoms with Crippen LogP contribution in [-0.4, -0.2) is 25.3 Å². The van der Waals surface area contributed by atoms with Gasteiger partial charge in [-0.05, 0) is 48.5 Å². The SMILES string of the molecule is C=CCOc1c(F)cc(C2=CC3(CCNCC3)Oc3ccccc32)cc1F. The van der Waals surface area contributed by atoms with Gasteiger partial charge in [0.1, 0.15) is 18.0 Å². The number of para-hydroxylation sites is 1. The van der Waals surface area contributed by atoms with Gasteiger partial charge >= 0.3 is 0 Å². The molecule has 0 unspecified atom stereocenters. The van der Waals surface area contributed by atoms with Crippen LogP contribution < -0.4 is 14.8 Å². The maximum Gasteiger partial charge on any atom is 0.191 e. The summed E-state index contributed by atoms with van der Waals surface area (Å²) in [4.78, 5) is 0. The highest BCUT2D eigenvalue weighted by atomic mass is 19.1. The van der Waals surface area contributed by atoms with Crippen LogP contribution >= 0.6 is 0 Å². The molecule has 2 aromatic rings. The highest BCUT2D eigenvalue weighted by molar-refractivity contribution is 5.85. The minimum atomic E-state index is -0.726. The van der Waals surface area contributed by atoms with Gasteiger partial charge in [0.05, 0.1) is 0 Å². The van der Waals surface area contributed by atoms with Crippen LogP contribution in [0.2, 0.25) is 0 Å². The molecule has 2 aliphatic rings. The normalized spacial score (nSPS) is 17.6. The van der Waals surface area contributed by atoms with Crippen molar-refractivity contribution in [2.45, 2.75) is 18.4 Å². The summed E-state index contributed by atoms with van der Waals surface area (Å²) < 4.78 is 40.5. The molecule has 0 aliphatic carbocycles. The summed E-state index contributed by atoms with van der Waals surface area (Å²) in [6.07, 6.45) is 5.08. The lowest BCUT2D eigenvalue weighted by atomic mass is 9.83. The second kappa shape index (κ2) is 7.16. The maximum atomic E-state index is 14.5. The van der Waals surface area contributed by atoms with Crippen molar-refractivity contribution < 1.29 is 18.3 Å². The largest absolute Gasteiger partial charge is 0.483 e. The van der Waals surface area contributed by atoms with Crippen LogP contribution in [0.15, 0.2) is 55.1 Å². The van der Waals surface area contributed by atoms with E-state index in [0.717, 1.165) is 42.8 Å². The summed E-state index contributed by atoms with van der Waals surface area (Å²) in [6, 6.07) is 10.3. The molecule has 1 spiro atoms. The number of piperidine rings is 1. The minimum absolute atomic E-state index is 0.0443. The molecular formula is C22H21F2NO2. The first kappa shape index (κ1) is 17.7. The van der Waals surface area contributed by atoms with E-state index in [9.17, 15) is 8.78 Å². The van der Waals surface area contributed by atoms with E-state index in [1.165, 1.54) is 18.2 Å². The second-order valence-corrected chi connectivity index (χ2v) is 6.84. The van der Waals surface area contributed by atoms with E-state index in [-0.39, 0.29) is 12.4 Å². The highest BCUT2D eigenvalue weighted by Gasteiger charge is 2.37. The molecule has 0 bridgehead atoms. The van der Waals surface area contributed by atoms with Crippen molar-refractivity contribution in [3.63, 3.8) is 0 Å². The molecule has 0 amide bonds. The molecule has 1 fully saturated rings. The van der Waals surface area contributed by atoms with Gasteiger partial charge in [0.25, 0.3) is 0 Å². The monoisotopic (exact) mass is 369 g/mol. The number of hydrogen-bond donors (Lipinski definition) is 1. The van der Waals surface area contributed by atoms with Gasteiger partial charge in [0.2, 0.25) is 0 Å². The average Bonchev–Trinajstić information content (AvgIpc) is 2.67. The van der Waals surface area contributed by atoms with E-state index in [1.807, 2.05) is 30.3 Å². The topological polar surface area (TPSA) is 30.5 Å². The molecule has 2 aliphatic heterocycles. The van der Waals surface area contributed by atoms with Crippen LogP contribution in [0.25, 0.3) is 5.57 Å². The Hall–Kier alpha value is -2.66. The van der Waals surface area contributed by atoms with E-state index < -0.39 is 17.2 Å². The Labute approximate surface area is 157 Å². The Kier molecular flexibility index (Phi) is 4.70. The smallest absolute Gasteiger partial charge is 0.191 e. The maximum absolute atomic E-state index is 14.5. The zero-order valence-corrected chi connectivity index (χ0v) is 14.9. The van der Waals surface area contributed by atoms with Crippen molar-refractivity contribution in [3.05, 3.63) is 77.9 Å². The van der Waals surface area contributed by atoms with Crippen LogP contribution in [0.5, 0.6) is 11.5 Å². The average molecular weight is 369 g/mol. The molecule has 2 heterocycles. The van der Waals surface area contributed by atoms with Crippen molar-refractivity contribution >= 4 is 5.57 Å². The van der Waals surface area contributed by atoms with Crippen LogP contribution in [0, 0.1) is 11.6 Å². The van der Waals surface area contributed by atoms with Crippen LogP contribution in [0.4, 0.5) is 8.78 Å². The molecule has 27 heavy (non-hydrogen) atoms. The number of fused-ring (bicyclic) bond motifs is 1. The second-order valence-electron chi connectivity index (χ2n) is 6.84. The number of ether oxygens (including phenoxy) is 2. The van der Waals surface area contributed by atoms with E-state index >= 15 is 0 Å². The molecule has 0 radical (unpaired) electrons. The zero-order chi connectivity index (χ0) is 18.9. The Morgan fingerprint density at radius 2 is 1.85 bits per heavy atom. The van der Waals surface area contributed by atoms with Crippen LogP contribution in [0.1, 0.15) is 24.0 Å². The van der Waals surface area contributed by atoms with Crippen molar-refractivity contribution in [1.29, 1.82) is 0 Å². The third-order valence-corrected chi connectivity index (χ3v) is 5.00. The fourth-order valence-electron chi connectivity index (χ4n) is 3.70. The number of hydrogen-bond acceptors (Lipinski definition) is 3. The van der Waals surface area contributed by atoms with Gasteiger partial charge in [-0.25, -0.2) is 8.78 Å². The van der Waals surface area contributed by atoms with E-state index in [0.29, 0.717) is 5.56 Å². The summed E-state index contributed by atoms with van der Waals surface area (Å²) in [7, 11) is 0. The van der Waals surface area contributed by atoms with Crippen molar-refractivity contribution in [1.82, 2.24) is 5.32 Å². The van der Waals surface area contributed by atoms with Gasteiger partial charge in [-0.3, -0.25) is 0 Å². The molecule has 1 saturated heterocycles. The van der Waals surface area contributed by atoms with Gasteiger partial charge in [-0.15, -0.1) is 0 Å². The number of halogens is 2.